The van der Waals surface area contributed by atoms with Gasteiger partial charge in [-0.15, -0.1) is 16.4 Å². The molecule has 0 atom stereocenters. The topological polar surface area (TPSA) is 17.8 Å². The fourth-order valence-corrected chi connectivity index (χ4v) is 7.15. The van der Waals surface area contributed by atoms with Gasteiger partial charge in [-0.3, -0.25) is 4.57 Å². The van der Waals surface area contributed by atoms with Crippen LogP contribution in [0.2, 0.25) is 0 Å². The number of imidazole rings is 1. The van der Waals surface area contributed by atoms with Crippen molar-refractivity contribution in [1.82, 2.24) is 9.55 Å². The Kier molecular flexibility index (Phi) is 6.81. The van der Waals surface area contributed by atoms with E-state index >= 15 is 0 Å². The molecule has 0 spiro atoms. The molecule has 0 unspecified atom stereocenters. The molecule has 10 heteroatoms. The summed E-state index contributed by atoms with van der Waals surface area (Å²) in [5.74, 6) is 1.07. The normalized spacial score (nSPS) is 11.9. The summed E-state index contributed by atoms with van der Waals surface area (Å²) in [4.78, 5) is 5.06. The highest BCUT2D eigenvalue weighted by molar-refractivity contribution is 6.69. The predicted octanol–water partition coefficient (Wildman–Crippen LogP) is -3.03. The van der Waals surface area contributed by atoms with E-state index in [1.807, 2.05) is 0 Å². The second-order valence-electron chi connectivity index (χ2n) is 13.4. The summed E-state index contributed by atoms with van der Waals surface area (Å²) in [5, 5.41) is 5.08. The average Bonchev–Trinajstić information content (AvgIpc) is 3.43. The molecular weight excluding hydrogens is 523 g/mol. The first-order valence-corrected chi connectivity index (χ1v) is 15.7. The van der Waals surface area contributed by atoms with Gasteiger partial charge in [-0.2, -0.15) is 0 Å². The first-order chi connectivity index (χ1) is 21.1. The summed E-state index contributed by atoms with van der Waals surface area (Å²) in [6.45, 7) is 0. The van der Waals surface area contributed by atoms with Crippen LogP contribution in [0.5, 0.6) is 0 Å². The smallest absolute Gasteiger partial charge is 0.139 e. The monoisotopic (exact) mass is 556 g/mol. The van der Waals surface area contributed by atoms with Gasteiger partial charge in [0.25, 0.3) is 0 Å². The SMILES string of the molecule is Bc1c(B)c(B)c(-c2c3ccccc3c(-c3ccc(-n4c(C(B)(B)B)nc5ccccc54)cc3)c3ccccc23)c(B)c1B. The van der Waals surface area contributed by atoms with Gasteiger partial charge in [0, 0.05) is 5.69 Å². The molecule has 7 aromatic rings. The molecule has 6 aromatic carbocycles. The summed E-state index contributed by atoms with van der Waals surface area (Å²) in [7, 11) is 18.1. The summed E-state index contributed by atoms with van der Waals surface area (Å²) in [6.07, 6.45) is 0. The van der Waals surface area contributed by atoms with E-state index in [0.717, 1.165) is 22.5 Å². The third-order valence-electron chi connectivity index (χ3n) is 9.83. The van der Waals surface area contributed by atoms with Crippen LogP contribution in [0.15, 0.2) is 97.1 Å². The molecule has 44 heavy (non-hydrogen) atoms. The van der Waals surface area contributed by atoms with Crippen molar-refractivity contribution in [3.8, 4) is 27.9 Å². The Hall–Kier alpha value is -4.17. The molecule has 0 saturated heterocycles. The lowest BCUT2D eigenvalue weighted by Gasteiger charge is -2.24. The zero-order chi connectivity index (χ0) is 30.9. The number of para-hydroxylation sites is 2. The summed E-state index contributed by atoms with van der Waals surface area (Å²) in [5.41, 5.74) is 15.5. The molecular formula is C34H32B8N2. The van der Waals surface area contributed by atoms with Gasteiger partial charge in [0.2, 0.25) is 0 Å². The molecule has 0 aliphatic carbocycles. The molecule has 0 aliphatic heterocycles. The van der Waals surface area contributed by atoms with Crippen LogP contribution in [0, 0.1) is 0 Å². The van der Waals surface area contributed by atoms with E-state index in [2.05, 4.69) is 164 Å². The van der Waals surface area contributed by atoms with Gasteiger partial charge < -0.3 is 0 Å². The van der Waals surface area contributed by atoms with Crippen molar-refractivity contribution in [2.75, 3.05) is 0 Å². The Morgan fingerprint density at radius 2 is 0.932 bits per heavy atom. The molecule has 0 bridgehead atoms. The minimum Gasteiger partial charge on any atom is -0.298 e. The summed E-state index contributed by atoms with van der Waals surface area (Å²) >= 11 is 0. The number of benzene rings is 6. The molecule has 0 aliphatic rings. The highest BCUT2D eigenvalue weighted by atomic mass is 15.1. The van der Waals surface area contributed by atoms with Crippen LogP contribution >= 0.6 is 0 Å². The largest absolute Gasteiger partial charge is 0.298 e. The van der Waals surface area contributed by atoms with Gasteiger partial charge in [0.05, 0.1) is 40.4 Å². The number of rotatable bonds is 4. The number of fused-ring (bicyclic) bond motifs is 3. The maximum Gasteiger partial charge on any atom is 0.139 e. The van der Waals surface area contributed by atoms with Crippen molar-refractivity contribution >= 4 is 123 Å². The van der Waals surface area contributed by atoms with Gasteiger partial charge >= 0.3 is 0 Å². The zero-order valence-electron chi connectivity index (χ0n) is 27.1. The van der Waals surface area contributed by atoms with Gasteiger partial charge in [-0.05, 0) is 68.1 Å². The highest BCUT2D eigenvalue weighted by Crippen LogP contribution is 2.43. The molecule has 0 fully saturated rings. The Balaban J connectivity index is 1.50. The van der Waals surface area contributed by atoms with E-state index in [1.165, 1.54) is 71.1 Å². The zero-order valence-corrected chi connectivity index (χ0v) is 27.1. The van der Waals surface area contributed by atoms with Crippen molar-refractivity contribution in [2.24, 2.45) is 0 Å². The average molecular weight is 555 g/mol. The summed E-state index contributed by atoms with van der Waals surface area (Å²) < 4.78 is 2.33. The van der Waals surface area contributed by atoms with Crippen LogP contribution in [-0.2, 0) is 5.11 Å². The van der Waals surface area contributed by atoms with E-state index < -0.39 is 0 Å². The van der Waals surface area contributed by atoms with Crippen molar-refractivity contribution < 1.29 is 0 Å². The molecule has 7 rings (SSSR count). The first-order valence-electron chi connectivity index (χ1n) is 15.7. The maximum absolute atomic E-state index is 5.06. The number of nitrogens with zero attached hydrogens (tertiary/aromatic N) is 2. The summed E-state index contributed by atoms with van der Waals surface area (Å²) in [6, 6.07) is 35.5. The lowest BCUT2D eigenvalue weighted by atomic mass is 9.42. The highest BCUT2D eigenvalue weighted by Gasteiger charge is 2.24. The van der Waals surface area contributed by atoms with E-state index in [9.17, 15) is 0 Å². The fourth-order valence-electron chi connectivity index (χ4n) is 7.15. The number of hydrogen-bond donors (Lipinski definition) is 0. The minimum atomic E-state index is -0.0944. The number of hydrogen-bond acceptors (Lipinski definition) is 1. The molecule has 2 nitrogen and oxygen atoms in total. The van der Waals surface area contributed by atoms with Gasteiger partial charge in [-0.1, -0.05) is 88.8 Å². The third-order valence-corrected chi connectivity index (χ3v) is 9.83. The fraction of sp³-hybridized carbons (Fsp3) is 0.0294. The van der Waals surface area contributed by atoms with Gasteiger partial charge in [0.15, 0.2) is 0 Å². The van der Waals surface area contributed by atoms with Crippen LogP contribution in [0.4, 0.5) is 0 Å². The molecule has 1 aromatic heterocycles. The second kappa shape index (κ2) is 10.5. The molecule has 0 N–H and O–H groups in total. The van der Waals surface area contributed by atoms with Crippen molar-refractivity contribution in [1.29, 1.82) is 0 Å². The Morgan fingerprint density at radius 1 is 0.477 bits per heavy atom. The Bertz CT molecular complexity index is 2180. The number of aromatic nitrogens is 2. The van der Waals surface area contributed by atoms with E-state index in [-0.39, 0.29) is 5.11 Å². The van der Waals surface area contributed by atoms with Crippen molar-refractivity contribution in [2.45, 2.75) is 5.11 Å². The van der Waals surface area contributed by atoms with Crippen molar-refractivity contribution in [3.05, 3.63) is 103 Å². The first kappa shape index (κ1) is 28.6. The molecule has 1 heterocycles. The van der Waals surface area contributed by atoms with Gasteiger partial charge in [-0.25, -0.2) is 4.98 Å². The second-order valence-corrected chi connectivity index (χ2v) is 13.4. The van der Waals surface area contributed by atoms with Crippen LogP contribution in [0.3, 0.4) is 0 Å². The van der Waals surface area contributed by atoms with Gasteiger partial charge in [0.1, 0.15) is 39.2 Å². The quantitative estimate of drug-likeness (QED) is 0.167. The van der Waals surface area contributed by atoms with Crippen molar-refractivity contribution in [3.63, 3.8) is 0 Å². The molecule has 202 valence electrons. The van der Waals surface area contributed by atoms with Crippen LogP contribution in [0.25, 0.3) is 60.5 Å². The van der Waals surface area contributed by atoms with E-state index in [1.54, 1.807) is 0 Å². The van der Waals surface area contributed by atoms with E-state index in [4.69, 9.17) is 4.98 Å². The standard InChI is InChI=1S/C34H32B8N2/c35-28-27(29(36)31(38)32(39)30(28)37)26-21-9-3-1-7-19(21)25(20-8-2-4-10-22(20)26)17-13-15-18(16-14-17)44-24-12-6-5-11-23(24)43-33(44)34(40,41)42/h1-16H,35-42H2. The molecule has 0 amide bonds. The lowest BCUT2D eigenvalue weighted by Crippen LogP contribution is -2.55. The van der Waals surface area contributed by atoms with Crippen LogP contribution in [-0.4, -0.2) is 72.3 Å². The van der Waals surface area contributed by atoms with Crippen LogP contribution < -0.4 is 27.3 Å². The van der Waals surface area contributed by atoms with E-state index in [0.29, 0.717) is 0 Å². The Morgan fingerprint density at radius 3 is 1.45 bits per heavy atom. The molecule has 0 radical (unpaired) electrons. The molecule has 0 saturated carbocycles. The Labute approximate surface area is 267 Å². The van der Waals surface area contributed by atoms with Crippen LogP contribution in [0.1, 0.15) is 5.82 Å². The predicted molar refractivity (Wildman–Crippen MR) is 215 cm³/mol. The third kappa shape index (κ3) is 4.33. The minimum absolute atomic E-state index is 0.0944. The lowest BCUT2D eigenvalue weighted by molar-refractivity contribution is 0.929. The maximum atomic E-state index is 5.06.